The monoisotopic (exact) mass is 371 g/mol. The molecule has 1 amide bonds. The SMILES string of the molecule is COc1ccc(N(C)C(=O)C(C)Oc2cc(C(C)C)ccc2C)cc1OC. The molecule has 2 aromatic rings. The highest BCUT2D eigenvalue weighted by atomic mass is 16.5. The Kier molecular flexibility index (Phi) is 6.72. The van der Waals surface area contributed by atoms with Crippen molar-refractivity contribution in [1.82, 2.24) is 0 Å². The maximum Gasteiger partial charge on any atom is 0.267 e. The zero-order valence-electron chi connectivity index (χ0n) is 17.2. The lowest BCUT2D eigenvalue weighted by atomic mass is 10.0. The molecule has 0 radical (unpaired) electrons. The van der Waals surface area contributed by atoms with E-state index in [1.807, 2.05) is 25.1 Å². The number of ether oxygens (including phenoxy) is 3. The molecular weight excluding hydrogens is 342 g/mol. The molecule has 0 heterocycles. The first kappa shape index (κ1) is 20.6. The topological polar surface area (TPSA) is 48.0 Å². The number of benzene rings is 2. The Labute approximate surface area is 161 Å². The predicted molar refractivity (Wildman–Crippen MR) is 108 cm³/mol. The first-order valence-electron chi connectivity index (χ1n) is 9.05. The van der Waals surface area contributed by atoms with Crippen LogP contribution in [0.4, 0.5) is 5.69 Å². The molecule has 2 aromatic carbocycles. The second-order valence-electron chi connectivity index (χ2n) is 6.88. The molecule has 0 aliphatic heterocycles. The van der Waals surface area contributed by atoms with E-state index in [9.17, 15) is 4.79 Å². The number of rotatable bonds is 7. The molecule has 0 aliphatic carbocycles. The van der Waals surface area contributed by atoms with Gasteiger partial charge in [-0.1, -0.05) is 26.0 Å². The average Bonchev–Trinajstić information content (AvgIpc) is 2.67. The number of hydrogen-bond acceptors (Lipinski definition) is 4. The van der Waals surface area contributed by atoms with Gasteiger partial charge in [0, 0.05) is 18.8 Å². The molecule has 2 rings (SSSR count). The summed E-state index contributed by atoms with van der Waals surface area (Å²) < 4.78 is 16.6. The van der Waals surface area contributed by atoms with E-state index in [-0.39, 0.29) is 5.91 Å². The fourth-order valence-corrected chi connectivity index (χ4v) is 2.78. The smallest absolute Gasteiger partial charge is 0.267 e. The number of anilines is 1. The van der Waals surface area contributed by atoms with Gasteiger partial charge in [-0.25, -0.2) is 0 Å². The summed E-state index contributed by atoms with van der Waals surface area (Å²) in [6.07, 6.45) is -0.621. The number of carbonyl (C=O) groups is 1. The van der Waals surface area contributed by atoms with Gasteiger partial charge in [0.15, 0.2) is 17.6 Å². The molecule has 0 spiro atoms. The van der Waals surface area contributed by atoms with Crippen LogP contribution < -0.4 is 19.1 Å². The molecule has 0 saturated carbocycles. The van der Waals surface area contributed by atoms with Crippen LogP contribution in [0.5, 0.6) is 17.2 Å². The summed E-state index contributed by atoms with van der Waals surface area (Å²) >= 11 is 0. The molecule has 27 heavy (non-hydrogen) atoms. The van der Waals surface area contributed by atoms with Gasteiger partial charge in [-0.15, -0.1) is 0 Å². The maximum atomic E-state index is 12.9. The Morgan fingerprint density at radius 3 is 2.19 bits per heavy atom. The first-order valence-corrected chi connectivity index (χ1v) is 9.05. The van der Waals surface area contributed by atoms with Gasteiger partial charge in [-0.05, 0) is 49.1 Å². The molecule has 0 N–H and O–H groups in total. The molecule has 1 atom stereocenters. The van der Waals surface area contributed by atoms with Crippen LogP contribution in [0, 0.1) is 6.92 Å². The van der Waals surface area contributed by atoms with E-state index in [1.54, 1.807) is 45.2 Å². The summed E-state index contributed by atoms with van der Waals surface area (Å²) in [4.78, 5) is 14.4. The normalized spacial score (nSPS) is 11.9. The summed E-state index contributed by atoms with van der Waals surface area (Å²) in [6.45, 7) is 8.01. The van der Waals surface area contributed by atoms with Gasteiger partial charge in [0.25, 0.3) is 5.91 Å². The highest BCUT2D eigenvalue weighted by Gasteiger charge is 2.22. The van der Waals surface area contributed by atoms with Crippen molar-refractivity contribution in [2.45, 2.75) is 39.7 Å². The van der Waals surface area contributed by atoms with Crippen molar-refractivity contribution in [2.75, 3.05) is 26.2 Å². The van der Waals surface area contributed by atoms with E-state index in [0.717, 1.165) is 11.3 Å². The Hall–Kier alpha value is -2.69. The van der Waals surface area contributed by atoms with Crippen LogP contribution >= 0.6 is 0 Å². The molecule has 5 nitrogen and oxygen atoms in total. The molecule has 1 unspecified atom stereocenters. The number of likely N-dealkylation sites (N-methyl/N-ethyl adjacent to an activating group) is 1. The zero-order valence-corrected chi connectivity index (χ0v) is 17.2. The number of amides is 1. The summed E-state index contributed by atoms with van der Waals surface area (Å²) in [5.41, 5.74) is 2.90. The van der Waals surface area contributed by atoms with Crippen molar-refractivity contribution >= 4 is 11.6 Å². The van der Waals surface area contributed by atoms with Crippen LogP contribution in [-0.2, 0) is 4.79 Å². The van der Waals surface area contributed by atoms with Crippen LogP contribution in [0.25, 0.3) is 0 Å². The van der Waals surface area contributed by atoms with Crippen LogP contribution in [0.1, 0.15) is 37.8 Å². The summed E-state index contributed by atoms with van der Waals surface area (Å²) in [7, 11) is 4.87. The third-order valence-electron chi connectivity index (χ3n) is 4.62. The van der Waals surface area contributed by atoms with Gasteiger partial charge in [0.1, 0.15) is 5.75 Å². The Bertz CT molecular complexity index is 801. The number of carbonyl (C=O) groups excluding carboxylic acids is 1. The highest BCUT2D eigenvalue weighted by molar-refractivity contribution is 5.96. The minimum absolute atomic E-state index is 0.142. The second-order valence-corrected chi connectivity index (χ2v) is 6.88. The van der Waals surface area contributed by atoms with E-state index in [1.165, 1.54) is 5.56 Å². The molecule has 0 saturated heterocycles. The quantitative estimate of drug-likeness (QED) is 0.715. The molecule has 0 aliphatic rings. The van der Waals surface area contributed by atoms with Crippen molar-refractivity contribution in [1.29, 1.82) is 0 Å². The fourth-order valence-electron chi connectivity index (χ4n) is 2.78. The van der Waals surface area contributed by atoms with E-state index < -0.39 is 6.10 Å². The lowest BCUT2D eigenvalue weighted by molar-refractivity contribution is -0.124. The van der Waals surface area contributed by atoms with Gasteiger partial charge < -0.3 is 19.1 Å². The summed E-state index contributed by atoms with van der Waals surface area (Å²) in [5.74, 6) is 2.18. The first-order chi connectivity index (χ1) is 12.8. The van der Waals surface area contributed by atoms with Crippen molar-refractivity contribution in [3.05, 3.63) is 47.5 Å². The van der Waals surface area contributed by atoms with Crippen molar-refractivity contribution in [3.63, 3.8) is 0 Å². The molecule has 5 heteroatoms. The van der Waals surface area contributed by atoms with Gasteiger partial charge in [0.05, 0.1) is 14.2 Å². The van der Waals surface area contributed by atoms with Crippen LogP contribution in [0.15, 0.2) is 36.4 Å². The van der Waals surface area contributed by atoms with Gasteiger partial charge in [-0.2, -0.15) is 0 Å². The van der Waals surface area contributed by atoms with Crippen molar-refractivity contribution in [3.8, 4) is 17.2 Å². The van der Waals surface area contributed by atoms with Crippen LogP contribution in [0.3, 0.4) is 0 Å². The molecule has 146 valence electrons. The second kappa shape index (κ2) is 8.80. The van der Waals surface area contributed by atoms with Crippen molar-refractivity contribution in [2.24, 2.45) is 0 Å². The standard InChI is InChI=1S/C22H29NO4/c1-14(2)17-9-8-15(3)20(12-17)27-16(4)22(24)23(5)18-10-11-19(25-6)21(13-18)26-7/h8-14,16H,1-7H3. The van der Waals surface area contributed by atoms with E-state index in [2.05, 4.69) is 19.9 Å². The highest BCUT2D eigenvalue weighted by Crippen LogP contribution is 2.31. The van der Waals surface area contributed by atoms with E-state index in [4.69, 9.17) is 14.2 Å². The number of nitrogens with zero attached hydrogens (tertiary/aromatic N) is 1. The predicted octanol–water partition coefficient (Wildman–Crippen LogP) is 4.57. The van der Waals surface area contributed by atoms with Gasteiger partial charge in [0.2, 0.25) is 0 Å². The lowest BCUT2D eigenvalue weighted by Crippen LogP contribution is -2.38. The summed E-state index contributed by atoms with van der Waals surface area (Å²) in [6, 6.07) is 11.5. The molecular formula is C22H29NO4. The fraction of sp³-hybridized carbons (Fsp3) is 0.409. The third kappa shape index (κ3) is 4.73. The maximum absolute atomic E-state index is 12.9. The van der Waals surface area contributed by atoms with E-state index >= 15 is 0 Å². The Morgan fingerprint density at radius 1 is 0.926 bits per heavy atom. The third-order valence-corrected chi connectivity index (χ3v) is 4.62. The minimum Gasteiger partial charge on any atom is -0.493 e. The molecule has 0 aromatic heterocycles. The Morgan fingerprint density at radius 2 is 1.59 bits per heavy atom. The Balaban J connectivity index is 2.18. The average molecular weight is 371 g/mol. The summed E-state index contributed by atoms with van der Waals surface area (Å²) in [5, 5.41) is 0. The number of aryl methyl sites for hydroxylation is 1. The van der Waals surface area contributed by atoms with Gasteiger partial charge in [-0.3, -0.25) is 4.79 Å². The van der Waals surface area contributed by atoms with E-state index in [0.29, 0.717) is 23.1 Å². The van der Waals surface area contributed by atoms with Crippen LogP contribution in [0.2, 0.25) is 0 Å². The lowest BCUT2D eigenvalue weighted by Gasteiger charge is -2.24. The van der Waals surface area contributed by atoms with Crippen LogP contribution in [-0.4, -0.2) is 33.3 Å². The zero-order chi connectivity index (χ0) is 20.1. The minimum atomic E-state index is -0.621. The molecule has 0 fully saturated rings. The molecule has 0 bridgehead atoms. The van der Waals surface area contributed by atoms with Gasteiger partial charge >= 0.3 is 0 Å². The number of methoxy groups -OCH3 is 2. The number of hydrogen-bond donors (Lipinski definition) is 0. The largest absolute Gasteiger partial charge is 0.493 e. The van der Waals surface area contributed by atoms with Crippen molar-refractivity contribution < 1.29 is 19.0 Å².